The molecule has 0 spiro atoms. The number of ether oxygens (including phenoxy) is 1. The largest absolute Gasteiger partial charge is 0.441 e. The van der Waals surface area contributed by atoms with E-state index >= 15 is 0 Å². The fourth-order valence-electron chi connectivity index (χ4n) is 3.27. The average Bonchev–Trinajstić information content (AvgIpc) is 3.12. The third-order valence-electron chi connectivity index (χ3n) is 5.05. The van der Waals surface area contributed by atoms with Crippen molar-refractivity contribution in [3.8, 4) is 11.1 Å². The van der Waals surface area contributed by atoms with Crippen molar-refractivity contribution in [1.29, 1.82) is 0 Å². The number of nitrogens with one attached hydrogen (secondary N) is 1. The van der Waals surface area contributed by atoms with Crippen LogP contribution in [0.5, 0.6) is 0 Å². The molecule has 0 bridgehead atoms. The average molecular weight is 402 g/mol. The van der Waals surface area contributed by atoms with Crippen molar-refractivity contribution in [3.63, 3.8) is 0 Å². The van der Waals surface area contributed by atoms with Crippen LogP contribution in [0, 0.1) is 5.82 Å². The van der Waals surface area contributed by atoms with E-state index in [1.54, 1.807) is 18.3 Å². The minimum atomic E-state index is -0.587. The Kier molecular flexibility index (Phi) is 7.00. The zero-order valence-corrected chi connectivity index (χ0v) is 16.8. The Bertz CT molecular complexity index is 827. The summed E-state index contributed by atoms with van der Waals surface area (Å²) in [5.41, 5.74) is 1.46. The van der Waals surface area contributed by atoms with Gasteiger partial charge < -0.3 is 20.1 Å². The first-order valence-electron chi connectivity index (χ1n) is 9.86. The van der Waals surface area contributed by atoms with E-state index in [0.717, 1.165) is 32.0 Å². The van der Waals surface area contributed by atoms with Crippen molar-refractivity contribution in [2.75, 3.05) is 49.5 Å². The molecule has 1 aromatic heterocycles. The summed E-state index contributed by atoms with van der Waals surface area (Å²) in [5, 5.41) is 12.4. The third kappa shape index (κ3) is 5.02. The maximum absolute atomic E-state index is 14.7. The Hall–Kier alpha value is -2.71. The number of anilines is 2. The number of likely N-dealkylation sites (N-methyl/N-ethyl adjacent to an activating group) is 1. The quantitative estimate of drug-likeness (QED) is 0.672. The second-order valence-electron chi connectivity index (χ2n) is 6.85. The minimum Gasteiger partial charge on any atom is -0.441 e. The van der Waals surface area contributed by atoms with Gasteiger partial charge in [-0.2, -0.15) is 0 Å². The maximum atomic E-state index is 14.7. The van der Waals surface area contributed by atoms with Gasteiger partial charge in [0.1, 0.15) is 17.7 Å². The van der Waals surface area contributed by atoms with Crippen LogP contribution in [0.25, 0.3) is 11.1 Å². The summed E-state index contributed by atoms with van der Waals surface area (Å²) in [6.45, 7) is 7.95. The second kappa shape index (κ2) is 9.67. The van der Waals surface area contributed by atoms with Crippen molar-refractivity contribution < 1.29 is 19.0 Å². The van der Waals surface area contributed by atoms with Crippen LogP contribution >= 0.6 is 0 Å². The van der Waals surface area contributed by atoms with Crippen molar-refractivity contribution in [3.05, 3.63) is 42.3 Å². The number of halogens is 1. The number of carbonyl (C=O) groups is 1. The molecule has 29 heavy (non-hydrogen) atoms. The number of rotatable bonds is 9. The van der Waals surface area contributed by atoms with E-state index in [1.165, 1.54) is 11.0 Å². The molecular weight excluding hydrogens is 375 g/mol. The highest BCUT2D eigenvalue weighted by molar-refractivity contribution is 5.90. The van der Waals surface area contributed by atoms with Gasteiger partial charge in [0, 0.05) is 30.4 Å². The minimum absolute atomic E-state index is 0.198. The number of amides is 1. The number of benzene rings is 1. The standard InChI is InChI=1S/C21H27FN4O3/c1-3-25(4-2)10-9-23-20-8-5-15(12-24-20)18-7-6-16(11-19(18)22)26-13-17(14-27)29-21(26)28/h5-8,11-12,17,27H,3-4,9-10,13-14H2,1-2H3,(H,23,24)/t17-/m1/s1. The second-order valence-corrected chi connectivity index (χ2v) is 6.85. The van der Waals surface area contributed by atoms with Crippen molar-refractivity contribution in [2.45, 2.75) is 20.0 Å². The van der Waals surface area contributed by atoms with Gasteiger partial charge in [-0.15, -0.1) is 0 Å². The molecule has 1 amide bonds. The molecule has 1 aromatic carbocycles. The molecule has 1 aliphatic rings. The van der Waals surface area contributed by atoms with Crippen LogP contribution in [0.15, 0.2) is 36.5 Å². The predicted molar refractivity (Wildman–Crippen MR) is 111 cm³/mol. The van der Waals surface area contributed by atoms with E-state index in [4.69, 9.17) is 9.84 Å². The molecule has 2 heterocycles. The van der Waals surface area contributed by atoms with Gasteiger partial charge in [0.25, 0.3) is 0 Å². The number of nitrogens with zero attached hydrogens (tertiary/aromatic N) is 3. The molecule has 1 fully saturated rings. The first-order valence-corrected chi connectivity index (χ1v) is 9.86. The maximum Gasteiger partial charge on any atom is 0.414 e. The van der Waals surface area contributed by atoms with Crippen molar-refractivity contribution >= 4 is 17.6 Å². The van der Waals surface area contributed by atoms with Crippen LogP contribution in [-0.2, 0) is 4.74 Å². The number of aliphatic hydroxyl groups excluding tert-OH is 1. The summed E-state index contributed by atoms with van der Waals surface area (Å²) in [6, 6.07) is 8.22. The molecular formula is C21H27FN4O3. The molecule has 1 saturated heterocycles. The molecule has 2 aromatic rings. The van der Waals surface area contributed by atoms with Crippen LogP contribution in [0.3, 0.4) is 0 Å². The van der Waals surface area contributed by atoms with Gasteiger partial charge in [0.15, 0.2) is 0 Å². The molecule has 1 aliphatic heterocycles. The lowest BCUT2D eigenvalue weighted by Gasteiger charge is -2.18. The Balaban J connectivity index is 1.65. The summed E-state index contributed by atoms with van der Waals surface area (Å²) in [4.78, 5) is 19.9. The lowest BCUT2D eigenvalue weighted by molar-refractivity contribution is 0.0963. The summed E-state index contributed by atoms with van der Waals surface area (Å²) in [6.07, 6.45) is 0.457. The number of hydrogen-bond donors (Lipinski definition) is 2. The summed E-state index contributed by atoms with van der Waals surface area (Å²) >= 11 is 0. The van der Waals surface area contributed by atoms with E-state index in [2.05, 4.69) is 29.0 Å². The van der Waals surface area contributed by atoms with Gasteiger partial charge in [0.2, 0.25) is 0 Å². The zero-order chi connectivity index (χ0) is 20.8. The van der Waals surface area contributed by atoms with Crippen LogP contribution in [0.4, 0.5) is 20.7 Å². The number of hydrogen-bond acceptors (Lipinski definition) is 6. The summed E-state index contributed by atoms with van der Waals surface area (Å²) < 4.78 is 19.7. The Morgan fingerprint density at radius 2 is 2.10 bits per heavy atom. The summed E-state index contributed by atoms with van der Waals surface area (Å²) in [5.74, 6) is 0.291. The monoisotopic (exact) mass is 402 g/mol. The van der Waals surface area contributed by atoms with Gasteiger partial charge in [-0.25, -0.2) is 14.2 Å². The van der Waals surface area contributed by atoms with Gasteiger partial charge >= 0.3 is 6.09 Å². The molecule has 1 atom stereocenters. The third-order valence-corrected chi connectivity index (χ3v) is 5.05. The SMILES string of the molecule is CCN(CC)CCNc1ccc(-c2ccc(N3C[C@H](CO)OC3=O)cc2F)cn1. The molecule has 0 saturated carbocycles. The Morgan fingerprint density at radius 3 is 2.69 bits per heavy atom. The molecule has 3 rings (SSSR count). The number of pyridine rings is 1. The molecule has 8 heteroatoms. The van der Waals surface area contributed by atoms with Crippen LogP contribution in [0.2, 0.25) is 0 Å². The number of aromatic nitrogens is 1. The predicted octanol–water partition coefficient (Wildman–Crippen LogP) is 2.96. The molecule has 7 nitrogen and oxygen atoms in total. The number of carbonyl (C=O) groups excluding carboxylic acids is 1. The van der Waals surface area contributed by atoms with Crippen LogP contribution in [-0.4, -0.2) is 66.5 Å². The van der Waals surface area contributed by atoms with Gasteiger partial charge in [-0.05, 0) is 43.4 Å². The molecule has 156 valence electrons. The summed E-state index contributed by atoms with van der Waals surface area (Å²) in [7, 11) is 0. The Morgan fingerprint density at radius 1 is 1.31 bits per heavy atom. The lowest BCUT2D eigenvalue weighted by Crippen LogP contribution is -2.28. The van der Waals surface area contributed by atoms with Crippen molar-refractivity contribution in [1.82, 2.24) is 9.88 Å². The van der Waals surface area contributed by atoms with E-state index < -0.39 is 18.0 Å². The van der Waals surface area contributed by atoms with Crippen LogP contribution in [0.1, 0.15) is 13.8 Å². The van der Waals surface area contributed by atoms with Gasteiger partial charge in [-0.1, -0.05) is 13.8 Å². The zero-order valence-electron chi connectivity index (χ0n) is 16.8. The molecule has 0 radical (unpaired) electrons. The van der Waals surface area contributed by atoms with Gasteiger partial charge in [0.05, 0.1) is 18.8 Å². The fraction of sp³-hybridized carbons (Fsp3) is 0.429. The van der Waals surface area contributed by atoms with Gasteiger partial charge in [-0.3, -0.25) is 4.90 Å². The lowest BCUT2D eigenvalue weighted by atomic mass is 10.1. The fourth-order valence-corrected chi connectivity index (χ4v) is 3.27. The molecule has 0 unspecified atom stereocenters. The van der Waals surface area contributed by atoms with E-state index in [9.17, 15) is 9.18 Å². The number of cyclic esters (lactones) is 1. The highest BCUT2D eigenvalue weighted by Gasteiger charge is 2.32. The Labute approximate surface area is 170 Å². The highest BCUT2D eigenvalue weighted by atomic mass is 19.1. The number of aliphatic hydroxyl groups is 1. The molecule has 2 N–H and O–H groups in total. The van der Waals surface area contributed by atoms with E-state index in [0.29, 0.717) is 16.8 Å². The molecule has 0 aliphatic carbocycles. The van der Waals surface area contributed by atoms with Crippen LogP contribution < -0.4 is 10.2 Å². The smallest absolute Gasteiger partial charge is 0.414 e. The van der Waals surface area contributed by atoms with E-state index in [-0.39, 0.29) is 13.2 Å². The first-order chi connectivity index (χ1) is 14.0. The van der Waals surface area contributed by atoms with E-state index in [1.807, 2.05) is 12.1 Å². The topological polar surface area (TPSA) is 77.9 Å². The normalized spacial score (nSPS) is 16.4. The first kappa shape index (κ1) is 21.0. The highest BCUT2D eigenvalue weighted by Crippen LogP contribution is 2.29. The van der Waals surface area contributed by atoms with Crippen molar-refractivity contribution in [2.24, 2.45) is 0 Å².